The van der Waals surface area contributed by atoms with Gasteiger partial charge < -0.3 is 45.7 Å². The highest BCUT2D eigenvalue weighted by molar-refractivity contribution is 5.93. The van der Waals surface area contributed by atoms with Crippen molar-refractivity contribution in [3.8, 4) is 5.75 Å². The number of hydrogen-bond donors (Lipinski definition) is 8. The first-order chi connectivity index (χ1) is 26.8. The number of rotatable bonds is 9. The lowest BCUT2D eigenvalue weighted by Gasteiger charge is -2.36. The molecule has 16 heteroatoms. The molecule has 1 saturated heterocycles. The Hall–Kier alpha value is -4.48. The van der Waals surface area contributed by atoms with Crippen LogP contribution in [0.15, 0.2) is 54.2 Å². The molecule has 2 bridgehead atoms. The van der Waals surface area contributed by atoms with E-state index in [4.69, 9.17) is 4.74 Å². The number of carbonyl (C=O) groups excluding carboxylic acids is 5. The molecule has 3 unspecified atom stereocenters. The summed E-state index contributed by atoms with van der Waals surface area (Å²) in [7, 11) is 0. The molecule has 0 radical (unpaired) electrons. The summed E-state index contributed by atoms with van der Waals surface area (Å²) in [5.41, 5.74) is 3.48. The number of phenols is 1. The van der Waals surface area contributed by atoms with Crippen molar-refractivity contribution in [2.24, 2.45) is 17.8 Å². The first kappa shape index (κ1) is 46.9. The second kappa shape index (κ2) is 21.9. The third-order valence-electron chi connectivity index (χ3n) is 10.2. The van der Waals surface area contributed by atoms with Crippen LogP contribution in [0.2, 0.25) is 0 Å². The summed E-state index contributed by atoms with van der Waals surface area (Å²) in [6.07, 6.45) is 1.78. The number of nitrogens with zero attached hydrogens (tertiary/aromatic N) is 1. The number of amides is 3. The van der Waals surface area contributed by atoms with E-state index in [1.165, 1.54) is 45.1 Å². The second-order valence-corrected chi connectivity index (χ2v) is 15.4. The van der Waals surface area contributed by atoms with Crippen LogP contribution in [0.5, 0.6) is 5.75 Å². The minimum Gasteiger partial charge on any atom is -0.508 e. The lowest BCUT2D eigenvalue weighted by Crippen LogP contribution is -2.62. The van der Waals surface area contributed by atoms with E-state index < -0.39 is 102 Å². The maximum Gasteiger partial charge on any atom is 0.325 e. The molecule has 0 aromatic heterocycles. The normalized spacial score (nSPS) is 29.9. The van der Waals surface area contributed by atoms with Gasteiger partial charge in [-0.15, -0.1) is 0 Å². The zero-order valence-corrected chi connectivity index (χ0v) is 33.4. The first-order valence-electron chi connectivity index (χ1n) is 19.4. The number of allylic oxidation sites excluding steroid dienone is 2. The molecule has 1 fully saturated rings. The molecule has 0 saturated carbocycles. The average Bonchev–Trinajstić information content (AvgIpc) is 3.14. The lowest BCUT2D eigenvalue weighted by molar-refractivity contribution is -0.156. The largest absolute Gasteiger partial charge is 0.508 e. The van der Waals surface area contributed by atoms with Crippen LogP contribution in [-0.4, -0.2) is 115 Å². The van der Waals surface area contributed by atoms with Crippen molar-refractivity contribution >= 4 is 29.5 Å². The standard InChI is InChI=1S/C41H59FN4O11/c1-22(2)36-39(54)43-32(20-27-18-28(42)21-29(49)19-27)40(55)46-16-10-11-31(45-46)41(56)57-35(23(3)17-34(51)26(6)48)13-9-7-8-12-33(50)25(5)37(52)30(38(53)44-36)15-14-24(4)47/h7-9,12,17-19,21-22,25-26,30-37,45,48-52H,10-11,13-16,20H2,1-6H3,(H,43,54)(H,44,53)/b9-7+,12-8+,23-17+/t25-,26?,30+,31?,32-,33-,34?,35-,36-,37+/m0/s1. The molecule has 10 atom stereocenters. The Morgan fingerprint density at radius 3 is 2.37 bits per heavy atom. The van der Waals surface area contributed by atoms with Crippen molar-refractivity contribution in [2.45, 2.75) is 129 Å². The summed E-state index contributed by atoms with van der Waals surface area (Å²) < 4.78 is 20.3. The van der Waals surface area contributed by atoms with Crippen molar-refractivity contribution in [1.29, 1.82) is 0 Å². The fourth-order valence-corrected chi connectivity index (χ4v) is 6.63. The van der Waals surface area contributed by atoms with Crippen molar-refractivity contribution in [1.82, 2.24) is 21.1 Å². The Labute approximate surface area is 333 Å². The number of cyclic esters (lactones) is 1. The molecule has 0 aliphatic carbocycles. The number of ether oxygens (including phenoxy) is 1. The molecular weight excluding hydrogens is 743 g/mol. The van der Waals surface area contributed by atoms with Crippen LogP contribution in [0, 0.1) is 23.6 Å². The molecule has 8 N–H and O–H groups in total. The summed E-state index contributed by atoms with van der Waals surface area (Å²) in [6, 6.07) is -0.470. The zero-order valence-electron chi connectivity index (χ0n) is 33.4. The Balaban J connectivity index is 2.10. The number of Topliss-reactive ketones (excluding diaryl/α,β-unsaturated/α-hetero) is 1. The predicted octanol–water partition coefficient (Wildman–Crippen LogP) is 1.65. The number of hydrogen-bond acceptors (Lipinski definition) is 12. The quantitative estimate of drug-likeness (QED) is 0.132. The minimum absolute atomic E-state index is 0.0657. The van der Waals surface area contributed by atoms with Gasteiger partial charge >= 0.3 is 5.97 Å². The maximum atomic E-state index is 14.4. The van der Waals surface area contributed by atoms with Gasteiger partial charge in [-0.05, 0) is 69.2 Å². The topological polar surface area (TPSA) is 235 Å². The van der Waals surface area contributed by atoms with Gasteiger partial charge in [0, 0.05) is 37.8 Å². The number of aliphatic hydroxyl groups excluding tert-OH is 4. The summed E-state index contributed by atoms with van der Waals surface area (Å²) >= 11 is 0. The van der Waals surface area contributed by atoms with Crippen LogP contribution < -0.4 is 16.1 Å². The van der Waals surface area contributed by atoms with E-state index >= 15 is 0 Å². The number of benzene rings is 1. The van der Waals surface area contributed by atoms with Gasteiger partial charge in [-0.25, -0.2) is 9.82 Å². The molecular formula is C41H59FN4O11. The monoisotopic (exact) mass is 802 g/mol. The number of fused-ring (bicyclic) bond motifs is 2. The van der Waals surface area contributed by atoms with E-state index in [9.17, 15) is 53.9 Å². The number of carbonyl (C=O) groups is 5. The van der Waals surface area contributed by atoms with E-state index in [-0.39, 0.29) is 50.0 Å². The highest BCUT2D eigenvalue weighted by atomic mass is 19.1. The van der Waals surface area contributed by atoms with Gasteiger partial charge in [-0.3, -0.25) is 24.2 Å². The molecule has 1 aromatic carbocycles. The maximum absolute atomic E-state index is 14.4. The third kappa shape index (κ3) is 14.1. The van der Waals surface area contributed by atoms with Gasteiger partial charge in [-0.1, -0.05) is 51.2 Å². The molecule has 15 nitrogen and oxygen atoms in total. The third-order valence-corrected chi connectivity index (χ3v) is 10.2. The Kier molecular flexibility index (Phi) is 18.0. The summed E-state index contributed by atoms with van der Waals surface area (Å²) in [6.45, 7) is 9.31. The van der Waals surface area contributed by atoms with Crippen molar-refractivity contribution < 1.29 is 58.6 Å². The first-order valence-corrected chi connectivity index (χ1v) is 19.4. The van der Waals surface area contributed by atoms with E-state index in [1.54, 1.807) is 32.9 Å². The molecule has 2 aliphatic heterocycles. The van der Waals surface area contributed by atoms with Crippen LogP contribution in [0.4, 0.5) is 4.39 Å². The number of halogens is 1. The number of aromatic hydroxyl groups is 1. The van der Waals surface area contributed by atoms with E-state index in [2.05, 4.69) is 16.1 Å². The molecule has 2 heterocycles. The molecule has 3 rings (SSSR count). The fraction of sp³-hybridized carbons (Fsp3) is 0.585. The minimum atomic E-state index is -1.47. The van der Waals surface area contributed by atoms with Crippen molar-refractivity contribution in [2.75, 3.05) is 6.54 Å². The smallest absolute Gasteiger partial charge is 0.325 e. The van der Waals surface area contributed by atoms with Crippen LogP contribution in [0.3, 0.4) is 0 Å². The van der Waals surface area contributed by atoms with Crippen molar-refractivity contribution in [3.63, 3.8) is 0 Å². The van der Waals surface area contributed by atoms with Gasteiger partial charge in [0.25, 0.3) is 5.91 Å². The van der Waals surface area contributed by atoms with E-state index in [0.29, 0.717) is 12.0 Å². The molecule has 0 spiro atoms. The summed E-state index contributed by atoms with van der Waals surface area (Å²) in [4.78, 5) is 67.7. The number of aliphatic hydroxyl groups is 4. The van der Waals surface area contributed by atoms with E-state index in [1.807, 2.05) is 0 Å². The number of esters is 1. The Bertz CT molecular complexity index is 1640. The molecule has 3 amide bonds. The van der Waals surface area contributed by atoms with Gasteiger partial charge in [0.2, 0.25) is 11.8 Å². The van der Waals surface area contributed by atoms with Crippen LogP contribution >= 0.6 is 0 Å². The van der Waals surface area contributed by atoms with Crippen LogP contribution in [0.1, 0.15) is 79.2 Å². The number of nitrogens with one attached hydrogen (secondary N) is 3. The van der Waals surface area contributed by atoms with Crippen molar-refractivity contribution in [3.05, 3.63) is 65.5 Å². The fourth-order valence-electron chi connectivity index (χ4n) is 6.63. The highest BCUT2D eigenvalue weighted by Crippen LogP contribution is 2.24. The van der Waals surface area contributed by atoms with Gasteiger partial charge in [0.15, 0.2) is 0 Å². The summed E-state index contributed by atoms with van der Waals surface area (Å²) in [5, 5.41) is 59.2. The second-order valence-electron chi connectivity index (χ2n) is 15.4. The molecule has 316 valence electrons. The molecule has 1 aromatic rings. The van der Waals surface area contributed by atoms with Gasteiger partial charge in [0.1, 0.15) is 41.6 Å². The molecule has 2 aliphatic rings. The average molecular weight is 803 g/mol. The highest BCUT2D eigenvalue weighted by Gasteiger charge is 2.38. The SMILES string of the molecule is CC(=O)CC[C@H]1C(=O)N[C@@H](C(C)C)C(=O)N[C@@H](Cc2cc(O)cc(F)c2)C(=O)N2CCCC(N2)C(=O)O[C@H](/C(C)=C/C(O)C(C)O)C/C=C/C=C/[C@H](O)[C@H](C)[C@H]1O. The Morgan fingerprint density at radius 2 is 1.74 bits per heavy atom. The zero-order chi connectivity index (χ0) is 42.6. The van der Waals surface area contributed by atoms with E-state index in [0.717, 1.165) is 17.1 Å². The number of phenolic OH excluding ortho intramolecular Hbond substituents is 1. The predicted molar refractivity (Wildman–Crippen MR) is 207 cm³/mol. The number of hydrazine groups is 1. The Morgan fingerprint density at radius 1 is 1.04 bits per heavy atom. The lowest BCUT2D eigenvalue weighted by atomic mass is 9.84. The van der Waals surface area contributed by atoms with Crippen LogP contribution in [-0.2, 0) is 35.1 Å². The molecule has 57 heavy (non-hydrogen) atoms. The number of ketones is 1. The van der Waals surface area contributed by atoms with Crippen LogP contribution in [0.25, 0.3) is 0 Å². The summed E-state index contributed by atoms with van der Waals surface area (Å²) in [5.74, 6) is -7.12. The van der Waals surface area contributed by atoms with Gasteiger partial charge in [0.05, 0.1) is 30.3 Å². The van der Waals surface area contributed by atoms with Gasteiger partial charge in [-0.2, -0.15) is 0 Å².